The van der Waals surface area contributed by atoms with Crippen LogP contribution in [0.1, 0.15) is 0 Å². The van der Waals surface area contributed by atoms with Gasteiger partial charge in [-0.25, -0.2) is 9.78 Å². The van der Waals surface area contributed by atoms with Gasteiger partial charge in [0.15, 0.2) is 0 Å². The monoisotopic (exact) mass is 407 g/mol. The lowest BCUT2D eigenvalue weighted by molar-refractivity contribution is 0.570. The van der Waals surface area contributed by atoms with Crippen LogP contribution in [0.5, 0.6) is 0 Å². The van der Waals surface area contributed by atoms with Crippen molar-refractivity contribution in [2.24, 2.45) is 0 Å². The first-order chi connectivity index (χ1) is 10.1. The second-order valence-corrected chi connectivity index (χ2v) is 6.30. The zero-order valence-corrected chi connectivity index (χ0v) is 13.5. The van der Waals surface area contributed by atoms with Gasteiger partial charge in [0.25, 0.3) is 0 Å². The van der Waals surface area contributed by atoms with Crippen LogP contribution < -0.4 is 5.63 Å². The van der Waals surface area contributed by atoms with Crippen LogP contribution in [0.3, 0.4) is 0 Å². The number of aromatic nitrogens is 1. The molecule has 2 heterocycles. The van der Waals surface area contributed by atoms with Crippen LogP contribution >= 0.6 is 34.2 Å². The summed E-state index contributed by atoms with van der Waals surface area (Å²) in [7, 11) is 0. The van der Waals surface area contributed by atoms with Crippen LogP contribution in [0.15, 0.2) is 51.7 Å². The van der Waals surface area contributed by atoms with Gasteiger partial charge in [-0.15, -0.1) is 0 Å². The Bertz CT molecular complexity index is 1090. The lowest BCUT2D eigenvalue weighted by Crippen LogP contribution is -2.02. The van der Waals surface area contributed by atoms with Gasteiger partial charge < -0.3 is 4.42 Å². The number of halogens is 2. The number of fused-ring (bicyclic) bond motifs is 5. The zero-order chi connectivity index (χ0) is 14.6. The van der Waals surface area contributed by atoms with Gasteiger partial charge in [0, 0.05) is 19.7 Å². The van der Waals surface area contributed by atoms with Crippen LogP contribution in [0, 0.1) is 3.57 Å². The molecule has 0 radical (unpaired) electrons. The molecule has 0 aliphatic carbocycles. The zero-order valence-electron chi connectivity index (χ0n) is 10.6. The van der Waals surface area contributed by atoms with E-state index in [9.17, 15) is 4.79 Å². The van der Waals surface area contributed by atoms with Gasteiger partial charge >= 0.3 is 5.63 Å². The maximum Gasteiger partial charge on any atom is 0.344 e. The van der Waals surface area contributed by atoms with E-state index in [-0.39, 0.29) is 5.63 Å². The fraction of sp³-hybridized carbons (Fsp3) is 0. The van der Waals surface area contributed by atoms with Crippen molar-refractivity contribution in [3.63, 3.8) is 0 Å². The summed E-state index contributed by atoms with van der Waals surface area (Å²) in [5.74, 6) is 0. The van der Waals surface area contributed by atoms with Crippen LogP contribution in [0.25, 0.3) is 32.6 Å². The molecule has 0 fully saturated rings. The van der Waals surface area contributed by atoms with E-state index in [4.69, 9.17) is 16.0 Å². The van der Waals surface area contributed by atoms with Gasteiger partial charge in [-0.1, -0.05) is 35.9 Å². The van der Waals surface area contributed by atoms with E-state index in [2.05, 4.69) is 27.6 Å². The normalized spacial score (nSPS) is 11.5. The highest BCUT2D eigenvalue weighted by molar-refractivity contribution is 14.1. The summed E-state index contributed by atoms with van der Waals surface area (Å²) in [6, 6.07) is 13.1. The van der Waals surface area contributed by atoms with Crippen LogP contribution in [-0.2, 0) is 0 Å². The topological polar surface area (TPSA) is 43.1 Å². The maximum atomic E-state index is 12.4. The minimum Gasteiger partial charge on any atom is -0.422 e. The number of para-hydroxylation sites is 1. The van der Waals surface area contributed by atoms with Crippen LogP contribution in [0.4, 0.5) is 0 Å². The fourth-order valence-electron chi connectivity index (χ4n) is 2.58. The highest BCUT2D eigenvalue weighted by Crippen LogP contribution is 2.32. The summed E-state index contributed by atoms with van der Waals surface area (Å²) in [6.45, 7) is 0. The van der Waals surface area contributed by atoms with Crippen molar-refractivity contribution in [1.29, 1.82) is 0 Å². The predicted molar refractivity (Wildman–Crippen MR) is 93.0 cm³/mol. The first kappa shape index (κ1) is 13.0. The van der Waals surface area contributed by atoms with Crippen molar-refractivity contribution in [2.45, 2.75) is 0 Å². The van der Waals surface area contributed by atoms with Crippen molar-refractivity contribution in [1.82, 2.24) is 4.98 Å². The third-order valence-electron chi connectivity index (χ3n) is 3.47. The number of pyridine rings is 1. The summed E-state index contributed by atoms with van der Waals surface area (Å²) < 4.78 is 6.46. The predicted octanol–water partition coefficient (Wildman–Crippen LogP) is 4.75. The largest absolute Gasteiger partial charge is 0.422 e. The van der Waals surface area contributed by atoms with Gasteiger partial charge in [0.1, 0.15) is 10.7 Å². The SMILES string of the molecule is O=c1oc2ccccc2c2c(Cl)nc3cc(I)ccc3c12. The molecule has 0 amide bonds. The molecule has 0 unspecified atom stereocenters. The maximum absolute atomic E-state index is 12.4. The Morgan fingerprint density at radius 1 is 1.05 bits per heavy atom. The van der Waals surface area contributed by atoms with Crippen LogP contribution in [-0.4, -0.2) is 4.98 Å². The van der Waals surface area contributed by atoms with E-state index in [1.165, 1.54) is 0 Å². The summed E-state index contributed by atoms with van der Waals surface area (Å²) in [5.41, 5.74) is 0.824. The van der Waals surface area contributed by atoms with E-state index in [0.717, 1.165) is 14.3 Å². The first-order valence-electron chi connectivity index (χ1n) is 6.25. The number of rotatable bonds is 0. The molecular formula is C16H7ClINO2. The summed E-state index contributed by atoms with van der Waals surface area (Å²) in [5, 5.41) is 3.01. The molecule has 2 aromatic heterocycles. The lowest BCUT2D eigenvalue weighted by Gasteiger charge is -2.07. The third-order valence-corrected chi connectivity index (χ3v) is 4.41. The Morgan fingerprint density at radius 3 is 2.71 bits per heavy atom. The molecule has 21 heavy (non-hydrogen) atoms. The first-order valence-corrected chi connectivity index (χ1v) is 7.71. The van der Waals surface area contributed by atoms with E-state index >= 15 is 0 Å². The molecular weight excluding hydrogens is 401 g/mol. The van der Waals surface area contributed by atoms with Crippen molar-refractivity contribution in [3.05, 3.63) is 61.6 Å². The van der Waals surface area contributed by atoms with Crippen molar-refractivity contribution in [2.75, 3.05) is 0 Å². The molecule has 3 nitrogen and oxygen atoms in total. The molecule has 0 saturated carbocycles. The molecule has 0 saturated heterocycles. The number of benzene rings is 2. The van der Waals surface area contributed by atoms with Crippen LogP contribution in [0.2, 0.25) is 5.15 Å². The minimum atomic E-state index is -0.390. The van der Waals surface area contributed by atoms with Gasteiger partial charge in [-0.3, -0.25) is 0 Å². The molecule has 102 valence electrons. The van der Waals surface area contributed by atoms with E-state index in [1.54, 1.807) is 6.07 Å². The molecule has 5 heteroatoms. The van der Waals surface area contributed by atoms with Crippen molar-refractivity contribution >= 4 is 66.8 Å². The Hall–Kier alpha value is -1.66. The molecule has 4 aromatic rings. The van der Waals surface area contributed by atoms with E-state index < -0.39 is 0 Å². The van der Waals surface area contributed by atoms with Crippen molar-refractivity contribution in [3.8, 4) is 0 Å². The molecule has 0 N–H and O–H groups in total. The molecule has 0 aliphatic rings. The quantitative estimate of drug-likeness (QED) is 0.183. The highest BCUT2D eigenvalue weighted by atomic mass is 127. The second kappa shape index (κ2) is 4.68. The molecule has 4 rings (SSSR count). The summed E-state index contributed by atoms with van der Waals surface area (Å²) in [6.07, 6.45) is 0. The Kier molecular flexibility index (Phi) is 2.90. The minimum absolute atomic E-state index is 0.323. The molecule has 0 atom stereocenters. The Morgan fingerprint density at radius 2 is 1.86 bits per heavy atom. The second-order valence-electron chi connectivity index (χ2n) is 4.70. The van der Waals surface area contributed by atoms with Gasteiger partial charge in [-0.2, -0.15) is 0 Å². The number of hydrogen-bond acceptors (Lipinski definition) is 3. The molecule has 2 aromatic carbocycles. The van der Waals surface area contributed by atoms with Gasteiger partial charge in [0.05, 0.1) is 10.9 Å². The number of nitrogens with zero attached hydrogens (tertiary/aromatic N) is 1. The summed E-state index contributed by atoms with van der Waals surface area (Å²) in [4.78, 5) is 16.8. The smallest absolute Gasteiger partial charge is 0.344 e. The average Bonchev–Trinajstić information content (AvgIpc) is 2.46. The average molecular weight is 408 g/mol. The fourth-order valence-corrected chi connectivity index (χ4v) is 3.34. The van der Waals surface area contributed by atoms with Gasteiger partial charge in [-0.05, 0) is 40.8 Å². The molecule has 0 bridgehead atoms. The molecule has 0 aliphatic heterocycles. The third kappa shape index (κ3) is 1.93. The molecule has 0 spiro atoms. The Labute approximate surface area is 137 Å². The van der Waals surface area contributed by atoms with Gasteiger partial charge in [0.2, 0.25) is 0 Å². The standard InChI is InChI=1S/C16H7ClINO2/c17-15-13-10-3-1-2-4-12(10)21-16(20)14(13)9-6-5-8(18)7-11(9)19-15/h1-7H. The Balaban J connectivity index is 2.39. The van der Waals surface area contributed by atoms with E-state index in [1.807, 2.05) is 36.4 Å². The number of hydrogen-bond donors (Lipinski definition) is 0. The highest BCUT2D eigenvalue weighted by Gasteiger charge is 2.15. The summed E-state index contributed by atoms with van der Waals surface area (Å²) >= 11 is 8.55. The van der Waals surface area contributed by atoms with E-state index in [0.29, 0.717) is 27.0 Å². The van der Waals surface area contributed by atoms with Crippen molar-refractivity contribution < 1.29 is 4.42 Å². The lowest BCUT2D eigenvalue weighted by atomic mass is 10.1.